The first-order valence-electron chi connectivity index (χ1n) is 5.62. The van der Waals surface area contributed by atoms with Crippen molar-refractivity contribution in [2.24, 2.45) is 5.73 Å². The minimum atomic E-state index is -4.23. The summed E-state index contributed by atoms with van der Waals surface area (Å²) in [5.41, 5.74) is 6.14. The van der Waals surface area contributed by atoms with Gasteiger partial charge in [-0.25, -0.2) is 0 Å². The molecule has 3 nitrogen and oxygen atoms in total. The summed E-state index contributed by atoms with van der Waals surface area (Å²) in [7, 11) is 0. The third kappa shape index (κ3) is 4.44. The molecule has 0 saturated carbocycles. The molecule has 6 heteroatoms. The van der Waals surface area contributed by atoms with Crippen LogP contribution < -0.4 is 15.2 Å². The third-order valence-electron chi connectivity index (χ3n) is 2.21. The molecule has 0 spiro atoms. The van der Waals surface area contributed by atoms with Crippen molar-refractivity contribution in [2.75, 3.05) is 13.2 Å². The summed E-state index contributed by atoms with van der Waals surface area (Å²) < 4.78 is 46.6. The number of hydrogen-bond donors (Lipinski definition) is 1. The van der Waals surface area contributed by atoms with E-state index in [0.29, 0.717) is 23.7 Å². The van der Waals surface area contributed by atoms with Crippen molar-refractivity contribution in [1.82, 2.24) is 0 Å². The molecule has 0 aromatic heterocycles. The highest BCUT2D eigenvalue weighted by Gasteiger charge is 2.27. The van der Waals surface area contributed by atoms with Gasteiger partial charge in [0.15, 0.2) is 11.5 Å². The van der Waals surface area contributed by atoms with Crippen LogP contribution in [0.3, 0.4) is 0 Å². The SMILES string of the molecule is CCOc1cccc(CN)c1OCCC(F)(F)F. The van der Waals surface area contributed by atoms with Gasteiger partial charge in [-0.05, 0) is 13.0 Å². The molecule has 1 rings (SSSR count). The molecule has 0 radical (unpaired) electrons. The molecule has 0 unspecified atom stereocenters. The lowest BCUT2D eigenvalue weighted by Crippen LogP contribution is -2.14. The maximum absolute atomic E-state index is 12.1. The van der Waals surface area contributed by atoms with E-state index < -0.39 is 19.2 Å². The minimum Gasteiger partial charge on any atom is -0.490 e. The van der Waals surface area contributed by atoms with Crippen molar-refractivity contribution in [2.45, 2.75) is 26.1 Å². The Balaban J connectivity index is 2.77. The molecule has 0 fully saturated rings. The van der Waals surface area contributed by atoms with Crippen LogP contribution in [0.2, 0.25) is 0 Å². The molecular weight excluding hydrogens is 247 g/mol. The van der Waals surface area contributed by atoms with Crippen LogP contribution in [-0.2, 0) is 6.54 Å². The van der Waals surface area contributed by atoms with Crippen molar-refractivity contribution < 1.29 is 22.6 Å². The van der Waals surface area contributed by atoms with Gasteiger partial charge < -0.3 is 15.2 Å². The van der Waals surface area contributed by atoms with E-state index in [4.69, 9.17) is 15.2 Å². The van der Waals surface area contributed by atoms with Crippen LogP contribution in [0.15, 0.2) is 18.2 Å². The summed E-state index contributed by atoms with van der Waals surface area (Å²) in [4.78, 5) is 0. The van der Waals surface area contributed by atoms with Crippen molar-refractivity contribution in [3.05, 3.63) is 23.8 Å². The fourth-order valence-electron chi connectivity index (χ4n) is 1.42. The predicted molar refractivity (Wildman–Crippen MR) is 61.7 cm³/mol. The Labute approximate surface area is 104 Å². The van der Waals surface area contributed by atoms with Gasteiger partial charge in [0.05, 0.1) is 19.6 Å². The van der Waals surface area contributed by atoms with E-state index in [1.165, 1.54) is 0 Å². The number of nitrogens with two attached hydrogens (primary N) is 1. The zero-order valence-electron chi connectivity index (χ0n) is 10.1. The molecule has 0 heterocycles. The van der Waals surface area contributed by atoms with Gasteiger partial charge in [0.1, 0.15) is 0 Å². The van der Waals surface area contributed by atoms with Gasteiger partial charge in [-0.15, -0.1) is 0 Å². The highest BCUT2D eigenvalue weighted by molar-refractivity contribution is 5.46. The number of ether oxygens (including phenoxy) is 2. The Kier molecular flexibility index (Phi) is 5.27. The molecule has 0 bridgehead atoms. The fourth-order valence-corrected chi connectivity index (χ4v) is 1.42. The second-order valence-electron chi connectivity index (χ2n) is 3.60. The summed E-state index contributed by atoms with van der Waals surface area (Å²) >= 11 is 0. The average molecular weight is 263 g/mol. The lowest BCUT2D eigenvalue weighted by Gasteiger charge is -2.15. The second kappa shape index (κ2) is 6.49. The van der Waals surface area contributed by atoms with Gasteiger partial charge in [-0.3, -0.25) is 0 Å². The molecule has 0 atom stereocenters. The van der Waals surface area contributed by atoms with E-state index in [9.17, 15) is 13.2 Å². The normalized spacial score (nSPS) is 11.4. The molecule has 0 aliphatic rings. The van der Waals surface area contributed by atoms with E-state index in [0.717, 1.165) is 0 Å². The molecule has 0 aliphatic carbocycles. The molecule has 1 aromatic rings. The number of rotatable bonds is 6. The van der Waals surface area contributed by atoms with E-state index in [1.807, 2.05) is 0 Å². The quantitative estimate of drug-likeness (QED) is 0.858. The summed E-state index contributed by atoms with van der Waals surface area (Å²) in [5.74, 6) is 0.716. The number of para-hydroxylation sites is 1. The van der Waals surface area contributed by atoms with Crippen molar-refractivity contribution in [1.29, 1.82) is 0 Å². The van der Waals surface area contributed by atoms with Gasteiger partial charge in [0.25, 0.3) is 0 Å². The topological polar surface area (TPSA) is 44.5 Å². The number of benzene rings is 1. The molecule has 18 heavy (non-hydrogen) atoms. The Morgan fingerprint density at radius 3 is 2.50 bits per heavy atom. The molecular formula is C12H16F3NO2. The smallest absolute Gasteiger partial charge is 0.392 e. The Morgan fingerprint density at radius 2 is 1.94 bits per heavy atom. The Bertz CT molecular complexity index is 380. The number of hydrogen-bond acceptors (Lipinski definition) is 3. The van der Waals surface area contributed by atoms with Crippen LogP contribution in [0.25, 0.3) is 0 Å². The van der Waals surface area contributed by atoms with E-state index >= 15 is 0 Å². The van der Waals surface area contributed by atoms with Crippen molar-refractivity contribution in [3.63, 3.8) is 0 Å². The molecule has 102 valence electrons. The second-order valence-corrected chi connectivity index (χ2v) is 3.60. The summed E-state index contributed by atoms with van der Waals surface area (Å²) in [6, 6.07) is 5.07. The molecule has 0 amide bonds. The highest BCUT2D eigenvalue weighted by Crippen LogP contribution is 2.32. The number of halogens is 3. The fraction of sp³-hybridized carbons (Fsp3) is 0.500. The van der Waals surface area contributed by atoms with E-state index in [-0.39, 0.29) is 6.54 Å². The summed E-state index contributed by atoms with van der Waals surface area (Å²) in [6.07, 6.45) is -5.24. The summed E-state index contributed by atoms with van der Waals surface area (Å²) in [5, 5.41) is 0. The zero-order chi connectivity index (χ0) is 13.6. The third-order valence-corrected chi connectivity index (χ3v) is 2.21. The van der Waals surface area contributed by atoms with Crippen LogP contribution in [0.5, 0.6) is 11.5 Å². The van der Waals surface area contributed by atoms with E-state index in [2.05, 4.69) is 0 Å². The molecule has 2 N–H and O–H groups in total. The zero-order valence-corrected chi connectivity index (χ0v) is 10.1. The Morgan fingerprint density at radius 1 is 1.22 bits per heavy atom. The highest BCUT2D eigenvalue weighted by atomic mass is 19.4. The standard InChI is InChI=1S/C12H16F3NO2/c1-2-17-10-5-3-4-9(8-16)11(10)18-7-6-12(13,14)15/h3-5H,2,6-8,16H2,1H3. The lowest BCUT2D eigenvalue weighted by molar-refractivity contribution is -0.139. The van der Waals surface area contributed by atoms with Crippen molar-refractivity contribution >= 4 is 0 Å². The predicted octanol–water partition coefficient (Wildman–Crippen LogP) is 2.88. The average Bonchev–Trinajstić information content (AvgIpc) is 2.29. The first kappa shape index (κ1) is 14.6. The van der Waals surface area contributed by atoms with Crippen LogP contribution in [0.1, 0.15) is 18.9 Å². The van der Waals surface area contributed by atoms with Crippen LogP contribution >= 0.6 is 0 Å². The van der Waals surface area contributed by atoms with E-state index in [1.54, 1.807) is 25.1 Å². The molecule has 1 aromatic carbocycles. The monoisotopic (exact) mass is 263 g/mol. The largest absolute Gasteiger partial charge is 0.490 e. The maximum atomic E-state index is 12.1. The first-order chi connectivity index (χ1) is 8.48. The van der Waals surface area contributed by atoms with Crippen LogP contribution in [-0.4, -0.2) is 19.4 Å². The van der Waals surface area contributed by atoms with Crippen molar-refractivity contribution in [3.8, 4) is 11.5 Å². The van der Waals surface area contributed by atoms with Gasteiger partial charge in [-0.2, -0.15) is 13.2 Å². The van der Waals surface area contributed by atoms with Gasteiger partial charge in [0, 0.05) is 12.1 Å². The van der Waals surface area contributed by atoms with Crippen LogP contribution in [0.4, 0.5) is 13.2 Å². The maximum Gasteiger partial charge on any atom is 0.392 e. The first-order valence-corrected chi connectivity index (χ1v) is 5.62. The number of alkyl halides is 3. The summed E-state index contributed by atoms with van der Waals surface area (Å²) in [6.45, 7) is 1.93. The van der Waals surface area contributed by atoms with Crippen LogP contribution in [0, 0.1) is 0 Å². The van der Waals surface area contributed by atoms with Gasteiger partial charge in [-0.1, -0.05) is 12.1 Å². The molecule has 0 saturated heterocycles. The lowest BCUT2D eigenvalue weighted by atomic mass is 10.2. The Hall–Kier alpha value is -1.43. The minimum absolute atomic E-state index is 0.183. The molecule has 0 aliphatic heterocycles. The van der Waals surface area contributed by atoms with Gasteiger partial charge >= 0.3 is 6.18 Å². The van der Waals surface area contributed by atoms with Gasteiger partial charge in [0.2, 0.25) is 0 Å².